The highest BCUT2D eigenvalue weighted by molar-refractivity contribution is 7.21. The van der Waals surface area contributed by atoms with Crippen LogP contribution < -0.4 is 15.4 Å². The Bertz CT molecular complexity index is 2020. The number of carboxylic acid groups (broad SMARTS) is 1. The normalized spacial score (nSPS) is 16.9. The maximum Gasteiger partial charge on any atom is 0.405 e. The van der Waals surface area contributed by atoms with Gasteiger partial charge >= 0.3 is 12.1 Å². The van der Waals surface area contributed by atoms with E-state index in [1.165, 1.54) is 7.11 Å². The zero-order valence-electron chi connectivity index (χ0n) is 31.5. The molecule has 0 bridgehead atoms. The van der Waals surface area contributed by atoms with E-state index in [0.717, 1.165) is 34.6 Å². The van der Waals surface area contributed by atoms with Crippen LogP contribution in [0.5, 0.6) is 5.75 Å². The molecule has 2 heterocycles. The lowest BCUT2D eigenvalue weighted by atomic mass is 9.84. The summed E-state index contributed by atoms with van der Waals surface area (Å²) in [5.74, 6) is -1.66. The van der Waals surface area contributed by atoms with Crippen LogP contribution in [0.25, 0.3) is 21.2 Å². The Kier molecular flexibility index (Phi) is 12.5. The van der Waals surface area contributed by atoms with Crippen molar-refractivity contribution in [2.24, 2.45) is 5.41 Å². The van der Waals surface area contributed by atoms with E-state index in [-0.39, 0.29) is 51.1 Å². The van der Waals surface area contributed by atoms with Crippen LogP contribution in [0, 0.1) is 17.0 Å². The summed E-state index contributed by atoms with van der Waals surface area (Å²) in [6, 6.07) is 10.4. The largest absolute Gasteiger partial charge is 0.496 e. The number of ether oxygens (including phenoxy) is 2. The van der Waals surface area contributed by atoms with Gasteiger partial charge in [0, 0.05) is 30.4 Å². The quantitative estimate of drug-likeness (QED) is 0.129. The number of nitrogens with one attached hydrogen (secondary N) is 2. The summed E-state index contributed by atoms with van der Waals surface area (Å²) in [5.41, 5.74) is 1.72. The monoisotopic (exact) mass is 784 g/mol. The third-order valence-electron chi connectivity index (χ3n) is 9.39. The topological polar surface area (TPSA) is 130 Å². The van der Waals surface area contributed by atoms with Crippen LogP contribution in [0.4, 0.5) is 13.6 Å². The third-order valence-corrected chi connectivity index (χ3v) is 11.1. The van der Waals surface area contributed by atoms with Crippen molar-refractivity contribution in [3.63, 3.8) is 0 Å². The molecule has 2 amide bonds. The average molecular weight is 785 g/mol. The summed E-state index contributed by atoms with van der Waals surface area (Å²) in [5, 5.41) is 15.2. The van der Waals surface area contributed by atoms with Gasteiger partial charge in [0.15, 0.2) is 0 Å². The molecule has 0 radical (unpaired) electrons. The van der Waals surface area contributed by atoms with E-state index in [2.05, 4.69) is 15.6 Å². The number of thiophene rings is 1. The van der Waals surface area contributed by atoms with E-state index in [9.17, 15) is 28.3 Å². The molecule has 1 saturated carbocycles. The number of hydrogen-bond acceptors (Lipinski definition) is 8. The van der Waals surface area contributed by atoms with Gasteiger partial charge in [-0.25, -0.2) is 13.6 Å². The number of carbonyl (C=O) groups is 3. The van der Waals surface area contributed by atoms with Gasteiger partial charge in [0.2, 0.25) is 0 Å². The molecule has 2 aromatic carbocycles. The summed E-state index contributed by atoms with van der Waals surface area (Å²) >= 11 is 7.48. The number of nitrogens with zero attached hydrogens (tertiary/aromatic N) is 2. The Morgan fingerprint density at radius 2 is 1.67 bits per heavy atom. The number of halogens is 3. The number of pyridine rings is 1. The fraction of sp³-hybridized carbons (Fsp3) is 0.450. The van der Waals surface area contributed by atoms with Crippen LogP contribution in [0.3, 0.4) is 0 Å². The molecule has 290 valence electrons. The smallest absolute Gasteiger partial charge is 0.405 e. The highest BCUT2D eigenvalue weighted by Crippen LogP contribution is 2.41. The minimum absolute atomic E-state index is 0.0214. The van der Waals surface area contributed by atoms with E-state index in [0.29, 0.717) is 42.7 Å². The van der Waals surface area contributed by atoms with Crippen molar-refractivity contribution >= 4 is 51.0 Å². The molecule has 0 aliphatic heterocycles. The zero-order chi connectivity index (χ0) is 39.5. The maximum atomic E-state index is 14.9. The van der Waals surface area contributed by atoms with Gasteiger partial charge in [-0.05, 0) is 99.4 Å². The van der Waals surface area contributed by atoms with Gasteiger partial charge in [-0.15, -0.1) is 11.3 Å². The Balaban J connectivity index is 1.48. The molecular formula is C40H47ClF2N4O6S. The zero-order valence-corrected chi connectivity index (χ0v) is 33.1. The standard InChI is InChI=1S/C40H47ClF2N4O6S/c1-39(2,3)36(46-38(50)51)29-19-23(16-17-44-29)22-8-15-30(52-7)24(18-22)21-47(26-11-9-25(10-12-26)45-20-31(48)53-40(4,5)6)37(49)35-33(41)32-27(42)13-14-28(43)34(32)54-35/h8,13-19,25-26,36,45-46H,9-12,20-21H2,1-7H3,(H,50,51). The Labute approximate surface area is 323 Å². The van der Waals surface area contributed by atoms with Crippen molar-refractivity contribution in [2.45, 2.75) is 97.5 Å². The van der Waals surface area contributed by atoms with Crippen molar-refractivity contribution < 1.29 is 37.7 Å². The predicted molar refractivity (Wildman–Crippen MR) is 206 cm³/mol. The minimum Gasteiger partial charge on any atom is -0.496 e. The molecule has 1 aliphatic carbocycles. The van der Waals surface area contributed by atoms with Gasteiger partial charge in [-0.3, -0.25) is 14.6 Å². The first-order chi connectivity index (χ1) is 25.4. The number of amides is 2. The molecule has 10 nitrogen and oxygen atoms in total. The van der Waals surface area contributed by atoms with Crippen LogP contribution >= 0.6 is 22.9 Å². The molecule has 1 fully saturated rings. The molecule has 1 unspecified atom stereocenters. The molecule has 54 heavy (non-hydrogen) atoms. The number of hydrogen-bond donors (Lipinski definition) is 3. The van der Waals surface area contributed by atoms with Crippen LogP contribution in [0.15, 0.2) is 48.7 Å². The van der Waals surface area contributed by atoms with E-state index in [4.69, 9.17) is 21.1 Å². The van der Waals surface area contributed by atoms with E-state index in [1.54, 1.807) is 17.2 Å². The number of fused-ring (bicyclic) bond motifs is 1. The highest BCUT2D eigenvalue weighted by Gasteiger charge is 2.34. The molecule has 1 aliphatic rings. The second-order valence-electron chi connectivity index (χ2n) is 15.6. The Morgan fingerprint density at radius 3 is 2.28 bits per heavy atom. The van der Waals surface area contributed by atoms with Crippen molar-refractivity contribution in [3.8, 4) is 16.9 Å². The minimum atomic E-state index is -1.16. The second kappa shape index (κ2) is 16.6. The van der Waals surface area contributed by atoms with Crippen LogP contribution in [0.1, 0.15) is 94.2 Å². The van der Waals surface area contributed by atoms with Crippen LogP contribution in [0.2, 0.25) is 5.02 Å². The van der Waals surface area contributed by atoms with Gasteiger partial charge in [0.1, 0.15) is 27.9 Å². The Hall–Kier alpha value is -4.33. The number of rotatable bonds is 11. The number of esters is 1. The SMILES string of the molecule is COc1ccc(-c2ccnc(C(NC(=O)O)C(C)(C)C)c2)cc1CN(C(=O)c1sc2c(F)ccc(F)c2c1Cl)C1CCC(NCC(=O)OC(C)(C)C)CC1. The summed E-state index contributed by atoms with van der Waals surface area (Å²) < 4.78 is 41.0. The first-order valence-electron chi connectivity index (χ1n) is 17.8. The molecule has 1 atom stereocenters. The lowest BCUT2D eigenvalue weighted by molar-refractivity contribution is -0.153. The first-order valence-corrected chi connectivity index (χ1v) is 19.0. The maximum absolute atomic E-state index is 14.9. The van der Waals surface area contributed by atoms with Crippen LogP contribution in [-0.4, -0.2) is 64.3 Å². The number of carbonyl (C=O) groups excluding carboxylic acids is 2. The molecular weight excluding hydrogens is 738 g/mol. The van der Waals surface area contributed by atoms with E-state index in [1.807, 2.05) is 65.8 Å². The highest BCUT2D eigenvalue weighted by atomic mass is 35.5. The molecule has 3 N–H and O–H groups in total. The molecule has 5 rings (SSSR count). The van der Waals surface area contributed by atoms with Crippen molar-refractivity contribution in [2.75, 3.05) is 13.7 Å². The summed E-state index contributed by atoms with van der Waals surface area (Å²) in [6.07, 6.45) is 2.97. The number of methoxy groups -OCH3 is 1. The van der Waals surface area contributed by atoms with Gasteiger partial charge in [0.05, 0.1) is 40.5 Å². The van der Waals surface area contributed by atoms with Crippen molar-refractivity contribution in [1.29, 1.82) is 0 Å². The summed E-state index contributed by atoms with van der Waals surface area (Å²) in [4.78, 5) is 44.8. The van der Waals surface area contributed by atoms with Crippen molar-refractivity contribution in [3.05, 3.63) is 81.5 Å². The van der Waals surface area contributed by atoms with Gasteiger partial charge in [0.25, 0.3) is 5.91 Å². The van der Waals surface area contributed by atoms with E-state index >= 15 is 0 Å². The number of benzene rings is 2. The fourth-order valence-electron chi connectivity index (χ4n) is 6.84. The lowest BCUT2D eigenvalue weighted by Gasteiger charge is -2.37. The summed E-state index contributed by atoms with van der Waals surface area (Å²) in [7, 11) is 1.54. The number of aromatic nitrogens is 1. The average Bonchev–Trinajstić information content (AvgIpc) is 3.47. The first kappa shape index (κ1) is 40.8. The molecule has 0 saturated heterocycles. The van der Waals surface area contributed by atoms with Crippen molar-refractivity contribution in [1.82, 2.24) is 20.5 Å². The van der Waals surface area contributed by atoms with Gasteiger partial charge in [-0.1, -0.05) is 38.4 Å². The fourth-order valence-corrected chi connectivity index (χ4v) is 8.34. The molecule has 14 heteroatoms. The molecule has 0 spiro atoms. The third kappa shape index (κ3) is 9.66. The molecule has 4 aromatic rings. The summed E-state index contributed by atoms with van der Waals surface area (Å²) in [6.45, 7) is 11.4. The lowest BCUT2D eigenvalue weighted by Crippen LogP contribution is -2.46. The van der Waals surface area contributed by atoms with Gasteiger partial charge < -0.3 is 30.1 Å². The second-order valence-corrected chi connectivity index (χ2v) is 17.0. The van der Waals surface area contributed by atoms with Gasteiger partial charge in [-0.2, -0.15) is 0 Å². The molecule has 2 aromatic heterocycles. The Morgan fingerprint density at radius 1 is 1.00 bits per heavy atom. The predicted octanol–water partition coefficient (Wildman–Crippen LogP) is 9.14. The van der Waals surface area contributed by atoms with Crippen LogP contribution in [-0.2, 0) is 16.1 Å². The van der Waals surface area contributed by atoms with E-state index < -0.39 is 40.7 Å².